The molecule has 0 aliphatic carbocycles. The van der Waals surface area contributed by atoms with Crippen LogP contribution in [0.5, 0.6) is 0 Å². The number of pyridine rings is 1. The Labute approximate surface area is 267 Å². The van der Waals surface area contributed by atoms with E-state index in [2.05, 4.69) is 59.0 Å². The van der Waals surface area contributed by atoms with Gasteiger partial charge in [0.05, 0.1) is 29.1 Å². The zero-order valence-corrected chi connectivity index (χ0v) is 27.2. The van der Waals surface area contributed by atoms with Gasteiger partial charge >= 0.3 is 0 Å². The average molecular weight is 627 g/mol. The van der Waals surface area contributed by atoms with Crippen molar-refractivity contribution in [3.8, 4) is 29.0 Å². The fourth-order valence-corrected chi connectivity index (χ4v) is 6.98. The minimum Gasteiger partial charge on any atom is -0.351 e. The molecule has 1 amide bonds. The first-order valence-electron chi connectivity index (χ1n) is 15.1. The van der Waals surface area contributed by atoms with Gasteiger partial charge in [0.2, 0.25) is 0 Å². The van der Waals surface area contributed by atoms with Gasteiger partial charge in [0, 0.05) is 42.2 Å². The third kappa shape index (κ3) is 5.07. The van der Waals surface area contributed by atoms with Crippen LogP contribution < -0.4 is 4.90 Å². The smallest absolute Gasteiger partial charge is 0.298 e. The van der Waals surface area contributed by atoms with E-state index in [1.54, 1.807) is 11.8 Å². The van der Waals surface area contributed by atoms with E-state index in [-0.39, 0.29) is 35.5 Å². The van der Waals surface area contributed by atoms with Crippen molar-refractivity contribution >= 4 is 45.3 Å². The summed E-state index contributed by atoms with van der Waals surface area (Å²) in [6, 6.07) is 9.32. The van der Waals surface area contributed by atoms with E-state index >= 15 is 4.39 Å². The maximum absolute atomic E-state index is 16.9. The number of likely N-dealkylation sites (tertiary alicyclic amines) is 1. The second-order valence-corrected chi connectivity index (χ2v) is 13.1. The second kappa shape index (κ2) is 11.6. The highest BCUT2D eigenvalue weighted by molar-refractivity contribution is 6.34. The molecular weight excluding hydrogens is 591 g/mol. The molecule has 0 bridgehead atoms. The van der Waals surface area contributed by atoms with E-state index in [0.29, 0.717) is 70.9 Å². The number of aryl methyl sites for hydroxylation is 2. The van der Waals surface area contributed by atoms with E-state index in [1.165, 1.54) is 0 Å². The lowest BCUT2D eigenvalue weighted by molar-refractivity contribution is -0.129. The number of benzene rings is 2. The molecule has 2 aliphatic heterocycles. The third-order valence-corrected chi connectivity index (χ3v) is 10.1. The number of halogens is 2. The number of likely N-dealkylation sites (N-methyl/N-ethyl adjacent to an activating group) is 1. The fourth-order valence-electron chi connectivity index (χ4n) is 6.76. The Balaban J connectivity index is 1.54. The molecule has 0 N–H and O–H groups in total. The van der Waals surface area contributed by atoms with E-state index in [0.717, 1.165) is 11.1 Å². The number of carbonyl (C=O) groups is 1. The maximum atomic E-state index is 16.9. The molecule has 2 fully saturated rings. The van der Waals surface area contributed by atoms with Crippen molar-refractivity contribution in [1.29, 1.82) is 5.26 Å². The summed E-state index contributed by atoms with van der Waals surface area (Å²) in [4.78, 5) is 23.7. The Morgan fingerprint density at radius 1 is 1.22 bits per heavy atom. The monoisotopic (exact) mass is 626 g/mol. The van der Waals surface area contributed by atoms with Crippen molar-refractivity contribution in [1.82, 2.24) is 29.8 Å². The van der Waals surface area contributed by atoms with Crippen molar-refractivity contribution in [2.45, 2.75) is 64.6 Å². The van der Waals surface area contributed by atoms with Crippen LogP contribution in [0, 0.1) is 42.8 Å². The summed E-state index contributed by atoms with van der Waals surface area (Å²) in [6.45, 7) is 9.43. The number of amides is 1. The Morgan fingerprint density at radius 2 is 1.98 bits per heavy atom. The molecule has 4 heterocycles. The van der Waals surface area contributed by atoms with Gasteiger partial charge in [-0.3, -0.25) is 4.79 Å². The molecular formula is C34H36ClFN8O. The summed E-state index contributed by atoms with van der Waals surface area (Å²) in [5.74, 6) is 5.16. The van der Waals surface area contributed by atoms with Crippen molar-refractivity contribution < 1.29 is 9.18 Å². The Kier molecular flexibility index (Phi) is 7.93. The van der Waals surface area contributed by atoms with Crippen LogP contribution in [-0.4, -0.2) is 81.0 Å². The number of anilines is 1. The third-order valence-electron chi connectivity index (χ3n) is 9.57. The average Bonchev–Trinajstić information content (AvgIpc) is 3.43. The largest absolute Gasteiger partial charge is 0.351 e. The lowest BCUT2D eigenvalue weighted by atomic mass is 9.90. The molecule has 0 spiro atoms. The Morgan fingerprint density at radius 3 is 2.67 bits per heavy atom. The fraction of sp³-hybridized carbons (Fsp3) is 0.441. The van der Waals surface area contributed by atoms with E-state index in [9.17, 15) is 10.1 Å². The summed E-state index contributed by atoms with van der Waals surface area (Å²) >= 11 is 6.71. The highest BCUT2D eigenvalue weighted by Gasteiger charge is 2.43. The van der Waals surface area contributed by atoms with Gasteiger partial charge in [0.15, 0.2) is 17.2 Å². The number of nitrogens with zero attached hydrogens (tertiary/aromatic N) is 8. The van der Waals surface area contributed by atoms with Crippen molar-refractivity contribution in [3.63, 3.8) is 0 Å². The topological polar surface area (TPSA) is 94.2 Å². The Bertz CT molecular complexity index is 1950. The minimum absolute atomic E-state index is 0.0592. The molecule has 232 valence electrons. The standard InChI is InChI=1S/C34H36ClFN8O/c1-7-9-26(45)43-15-13-23(17-22(43)12-14-37)44-32-25-16-21(3)27(24-11-8-10-20(2)28(24)35)29(36)30(25)38-33(31(32)39-40-44)42-18-34(4,19-42)41(5)6/h8,10-11,16,22-23H,12-13,15,17-19H2,1-6H3/t22-,23+/m1/s1. The number of fused-ring (bicyclic) bond motifs is 3. The molecule has 0 unspecified atom stereocenters. The molecule has 2 atom stereocenters. The van der Waals surface area contributed by atoms with Crippen LogP contribution in [0.3, 0.4) is 0 Å². The van der Waals surface area contributed by atoms with Gasteiger partial charge in [0.25, 0.3) is 5.91 Å². The summed E-state index contributed by atoms with van der Waals surface area (Å²) in [5, 5.41) is 20.0. The maximum Gasteiger partial charge on any atom is 0.298 e. The number of rotatable bonds is 5. The van der Waals surface area contributed by atoms with Gasteiger partial charge in [-0.05, 0) is 77.7 Å². The molecule has 45 heavy (non-hydrogen) atoms. The molecule has 4 aromatic rings. The number of hydrogen-bond donors (Lipinski definition) is 0. The SMILES string of the molecule is CC#CC(=O)N1CC[C@H](n2nnc3c(N4CC(C)(N(C)C)C4)nc4c(F)c(-c5cccc(C)c5Cl)c(C)cc4c32)C[C@H]1CC#N. The van der Waals surface area contributed by atoms with Crippen molar-refractivity contribution in [3.05, 3.63) is 46.2 Å². The quantitative estimate of drug-likeness (QED) is 0.264. The second-order valence-electron chi connectivity index (χ2n) is 12.7. The summed E-state index contributed by atoms with van der Waals surface area (Å²) in [6.07, 6.45) is 1.28. The number of carbonyl (C=O) groups excluding carboxylic acids is 1. The van der Waals surface area contributed by atoms with Gasteiger partial charge in [-0.15, -0.1) is 5.10 Å². The highest BCUT2D eigenvalue weighted by atomic mass is 35.5. The van der Waals surface area contributed by atoms with Gasteiger partial charge < -0.3 is 14.7 Å². The van der Waals surface area contributed by atoms with Gasteiger partial charge in [-0.25, -0.2) is 14.1 Å². The van der Waals surface area contributed by atoms with Gasteiger partial charge in [-0.1, -0.05) is 40.9 Å². The van der Waals surface area contributed by atoms with Crippen molar-refractivity contribution in [2.24, 2.45) is 0 Å². The lowest BCUT2D eigenvalue weighted by Gasteiger charge is -2.52. The lowest BCUT2D eigenvalue weighted by Crippen LogP contribution is -2.67. The zero-order valence-electron chi connectivity index (χ0n) is 26.4. The predicted molar refractivity (Wildman–Crippen MR) is 174 cm³/mol. The molecule has 0 radical (unpaired) electrons. The van der Waals surface area contributed by atoms with Crippen LogP contribution in [0.25, 0.3) is 33.1 Å². The first-order valence-corrected chi connectivity index (χ1v) is 15.5. The number of nitriles is 1. The van der Waals surface area contributed by atoms with Crippen LogP contribution in [0.1, 0.15) is 50.3 Å². The van der Waals surface area contributed by atoms with Crippen LogP contribution in [-0.2, 0) is 4.79 Å². The molecule has 2 saturated heterocycles. The van der Waals surface area contributed by atoms with Crippen LogP contribution in [0.15, 0.2) is 24.3 Å². The predicted octanol–water partition coefficient (Wildman–Crippen LogP) is 5.67. The molecule has 6 rings (SSSR count). The molecule has 2 aromatic heterocycles. The molecule has 2 aromatic carbocycles. The van der Waals surface area contributed by atoms with Gasteiger partial charge in [-0.2, -0.15) is 5.26 Å². The normalized spacial score (nSPS) is 19.4. The number of aromatic nitrogens is 4. The van der Waals surface area contributed by atoms with Crippen LogP contribution in [0.2, 0.25) is 5.02 Å². The van der Waals surface area contributed by atoms with Gasteiger partial charge in [0.1, 0.15) is 11.0 Å². The van der Waals surface area contributed by atoms with E-state index in [1.807, 2.05) is 42.8 Å². The van der Waals surface area contributed by atoms with Crippen LogP contribution in [0.4, 0.5) is 10.2 Å². The van der Waals surface area contributed by atoms with E-state index < -0.39 is 5.82 Å². The van der Waals surface area contributed by atoms with Crippen LogP contribution >= 0.6 is 11.6 Å². The molecule has 11 heteroatoms. The number of hydrogen-bond acceptors (Lipinski definition) is 7. The highest BCUT2D eigenvalue weighted by Crippen LogP contribution is 2.43. The molecule has 2 aliphatic rings. The molecule has 0 saturated carbocycles. The number of piperidine rings is 1. The molecule has 9 nitrogen and oxygen atoms in total. The summed E-state index contributed by atoms with van der Waals surface area (Å²) in [5.41, 5.74) is 4.12. The van der Waals surface area contributed by atoms with Crippen molar-refractivity contribution in [2.75, 3.05) is 38.6 Å². The first kappa shape index (κ1) is 30.8. The minimum atomic E-state index is -0.440. The first-order chi connectivity index (χ1) is 21.5. The van der Waals surface area contributed by atoms with E-state index in [4.69, 9.17) is 16.6 Å². The summed E-state index contributed by atoms with van der Waals surface area (Å²) < 4.78 is 18.7. The zero-order chi connectivity index (χ0) is 32.2. The Hall–Kier alpha value is -4.25. The summed E-state index contributed by atoms with van der Waals surface area (Å²) in [7, 11) is 4.11.